The topological polar surface area (TPSA) is 38.8 Å². The normalized spacial score (nSPS) is 41.6. The fourth-order valence-electron chi connectivity index (χ4n) is 4.19. The van der Waals surface area contributed by atoms with E-state index in [-0.39, 0.29) is 11.6 Å². The largest absolute Gasteiger partial charge is 0.464 e. The molecule has 0 aromatic carbocycles. The Morgan fingerprint density at radius 1 is 1.37 bits per heavy atom. The van der Waals surface area contributed by atoms with E-state index < -0.39 is 5.60 Å². The fraction of sp³-hybridized carbons (Fsp3) is 0.938. The highest BCUT2D eigenvalue weighted by molar-refractivity contribution is 5.85. The predicted octanol–water partition coefficient (Wildman–Crippen LogP) is 3.56. The minimum Gasteiger partial charge on any atom is -0.464 e. The molecule has 0 bridgehead atoms. The van der Waals surface area contributed by atoms with E-state index in [1.165, 1.54) is 12.8 Å². The summed E-state index contributed by atoms with van der Waals surface area (Å²) in [4.78, 5) is 12.4. The molecule has 3 heteroatoms. The zero-order valence-electron chi connectivity index (χ0n) is 13.0. The Morgan fingerprint density at radius 2 is 2.05 bits per heavy atom. The van der Waals surface area contributed by atoms with Crippen molar-refractivity contribution in [3.8, 4) is 0 Å². The number of carbonyl (C=O) groups excluding carboxylic acids is 1. The van der Waals surface area contributed by atoms with Crippen molar-refractivity contribution in [2.24, 2.45) is 17.8 Å². The first-order chi connectivity index (χ1) is 8.93. The van der Waals surface area contributed by atoms with Crippen LogP contribution in [0.4, 0.5) is 0 Å². The maximum atomic E-state index is 12.4. The predicted molar refractivity (Wildman–Crippen MR) is 74.8 cm³/mol. The molecule has 1 aliphatic heterocycles. The van der Waals surface area contributed by atoms with Gasteiger partial charge in [0.15, 0.2) is 5.60 Å². The standard InChI is InChI=1S/C16H28O3/c1-6-15(14(17)18-7-2)16(19-15)10-12(5)8-9-13(16)11(3)4/h11-13H,6-10H2,1-5H3. The van der Waals surface area contributed by atoms with Crippen molar-refractivity contribution in [1.29, 1.82) is 0 Å². The van der Waals surface area contributed by atoms with Crippen molar-refractivity contribution < 1.29 is 14.3 Å². The molecule has 1 heterocycles. The van der Waals surface area contributed by atoms with Crippen molar-refractivity contribution in [3.63, 3.8) is 0 Å². The van der Waals surface area contributed by atoms with E-state index in [1.807, 2.05) is 13.8 Å². The Morgan fingerprint density at radius 3 is 2.58 bits per heavy atom. The Hall–Kier alpha value is -0.570. The first kappa shape index (κ1) is 14.8. The van der Waals surface area contributed by atoms with E-state index in [0.717, 1.165) is 12.8 Å². The molecule has 0 radical (unpaired) electrons. The number of esters is 1. The lowest BCUT2D eigenvalue weighted by Gasteiger charge is -2.37. The number of rotatable bonds is 4. The van der Waals surface area contributed by atoms with Crippen LogP contribution in [0, 0.1) is 17.8 Å². The third-order valence-electron chi connectivity index (χ3n) is 5.13. The summed E-state index contributed by atoms with van der Waals surface area (Å²) in [5.41, 5.74) is -0.910. The van der Waals surface area contributed by atoms with Crippen molar-refractivity contribution in [3.05, 3.63) is 0 Å². The summed E-state index contributed by atoms with van der Waals surface area (Å²) in [7, 11) is 0. The van der Waals surface area contributed by atoms with Crippen LogP contribution in [0.3, 0.4) is 0 Å². The minimum absolute atomic E-state index is 0.141. The Labute approximate surface area is 117 Å². The summed E-state index contributed by atoms with van der Waals surface area (Å²) >= 11 is 0. The maximum absolute atomic E-state index is 12.4. The number of ether oxygens (including phenoxy) is 2. The molecular formula is C16H28O3. The highest BCUT2D eigenvalue weighted by atomic mass is 16.7. The maximum Gasteiger partial charge on any atom is 0.341 e. The van der Waals surface area contributed by atoms with E-state index in [1.54, 1.807) is 0 Å². The van der Waals surface area contributed by atoms with Gasteiger partial charge in [0.2, 0.25) is 0 Å². The third kappa shape index (κ3) is 2.10. The smallest absolute Gasteiger partial charge is 0.341 e. The molecule has 2 fully saturated rings. The summed E-state index contributed by atoms with van der Waals surface area (Å²) in [6.45, 7) is 11.1. The van der Waals surface area contributed by atoms with Crippen LogP contribution in [0.1, 0.15) is 60.3 Å². The van der Waals surface area contributed by atoms with Crippen LogP contribution >= 0.6 is 0 Å². The van der Waals surface area contributed by atoms with Gasteiger partial charge in [0, 0.05) is 0 Å². The lowest BCUT2D eigenvalue weighted by Crippen LogP contribution is -2.45. The molecule has 4 atom stereocenters. The molecule has 2 rings (SSSR count). The van der Waals surface area contributed by atoms with Gasteiger partial charge in [-0.2, -0.15) is 0 Å². The molecule has 1 aliphatic carbocycles. The van der Waals surface area contributed by atoms with Gasteiger partial charge in [0.25, 0.3) is 0 Å². The van der Waals surface area contributed by atoms with Crippen LogP contribution in [0.5, 0.6) is 0 Å². The van der Waals surface area contributed by atoms with Crippen molar-refractivity contribution >= 4 is 5.97 Å². The number of hydrogen-bond donors (Lipinski definition) is 0. The summed E-state index contributed by atoms with van der Waals surface area (Å²) in [6.07, 6.45) is 4.14. The van der Waals surface area contributed by atoms with Crippen LogP contribution in [-0.4, -0.2) is 23.8 Å². The molecule has 1 saturated carbocycles. The molecule has 0 aromatic rings. The van der Waals surface area contributed by atoms with Gasteiger partial charge in [-0.15, -0.1) is 0 Å². The van der Waals surface area contributed by atoms with Crippen LogP contribution in [0.25, 0.3) is 0 Å². The SMILES string of the molecule is CCOC(=O)C1(CC)OC12CC(C)CCC2C(C)C. The van der Waals surface area contributed by atoms with Crippen molar-refractivity contribution in [1.82, 2.24) is 0 Å². The van der Waals surface area contributed by atoms with Crippen LogP contribution in [-0.2, 0) is 14.3 Å². The zero-order chi connectivity index (χ0) is 14.3. The second-order valence-electron chi connectivity index (χ2n) is 6.63. The fourth-order valence-corrected chi connectivity index (χ4v) is 4.19. The second-order valence-corrected chi connectivity index (χ2v) is 6.63. The number of hydrogen-bond acceptors (Lipinski definition) is 3. The van der Waals surface area contributed by atoms with Gasteiger partial charge in [0.05, 0.1) is 6.61 Å². The van der Waals surface area contributed by atoms with Crippen molar-refractivity contribution in [2.45, 2.75) is 71.5 Å². The van der Waals surface area contributed by atoms with Gasteiger partial charge in [-0.1, -0.05) is 34.1 Å². The Balaban J connectivity index is 2.27. The first-order valence-electron chi connectivity index (χ1n) is 7.81. The van der Waals surface area contributed by atoms with Gasteiger partial charge < -0.3 is 9.47 Å². The summed E-state index contributed by atoms with van der Waals surface area (Å²) in [6, 6.07) is 0. The van der Waals surface area contributed by atoms with Gasteiger partial charge in [-0.25, -0.2) is 4.79 Å². The molecule has 0 N–H and O–H groups in total. The average Bonchev–Trinajstić information content (AvgIpc) is 2.98. The van der Waals surface area contributed by atoms with E-state index in [0.29, 0.717) is 24.4 Å². The Bertz CT molecular complexity index is 352. The summed E-state index contributed by atoms with van der Waals surface area (Å²) < 4.78 is 11.5. The van der Waals surface area contributed by atoms with Gasteiger partial charge in [-0.05, 0) is 43.9 Å². The average molecular weight is 268 g/mol. The molecule has 3 nitrogen and oxygen atoms in total. The number of epoxide rings is 1. The molecule has 4 unspecified atom stereocenters. The highest BCUT2D eigenvalue weighted by Gasteiger charge is 2.77. The highest BCUT2D eigenvalue weighted by Crippen LogP contribution is 2.63. The molecule has 0 aromatic heterocycles. The lowest BCUT2D eigenvalue weighted by molar-refractivity contribution is -0.149. The van der Waals surface area contributed by atoms with Crippen molar-refractivity contribution in [2.75, 3.05) is 6.61 Å². The molecule has 110 valence electrons. The molecule has 0 amide bonds. The summed E-state index contributed by atoms with van der Waals surface area (Å²) in [5, 5.41) is 0. The van der Waals surface area contributed by atoms with Crippen LogP contribution in [0.2, 0.25) is 0 Å². The van der Waals surface area contributed by atoms with E-state index in [2.05, 4.69) is 20.8 Å². The molecule has 1 spiro atoms. The van der Waals surface area contributed by atoms with E-state index in [9.17, 15) is 4.79 Å². The Kier molecular flexibility index (Phi) is 3.97. The molecule has 1 saturated heterocycles. The molecular weight excluding hydrogens is 240 g/mol. The lowest BCUT2D eigenvalue weighted by atomic mass is 9.64. The van der Waals surface area contributed by atoms with Crippen LogP contribution in [0.15, 0.2) is 0 Å². The van der Waals surface area contributed by atoms with Gasteiger partial charge in [-0.3, -0.25) is 0 Å². The van der Waals surface area contributed by atoms with Crippen LogP contribution < -0.4 is 0 Å². The molecule has 19 heavy (non-hydrogen) atoms. The number of carbonyl (C=O) groups is 1. The second kappa shape index (κ2) is 5.08. The minimum atomic E-state index is -0.660. The zero-order valence-corrected chi connectivity index (χ0v) is 13.0. The third-order valence-corrected chi connectivity index (χ3v) is 5.13. The summed E-state index contributed by atoms with van der Waals surface area (Å²) in [5.74, 6) is 1.53. The van der Waals surface area contributed by atoms with Gasteiger partial charge >= 0.3 is 5.97 Å². The van der Waals surface area contributed by atoms with E-state index in [4.69, 9.17) is 9.47 Å². The van der Waals surface area contributed by atoms with Gasteiger partial charge in [0.1, 0.15) is 5.60 Å². The quantitative estimate of drug-likeness (QED) is 0.578. The molecule has 2 aliphatic rings. The monoisotopic (exact) mass is 268 g/mol. The first-order valence-corrected chi connectivity index (χ1v) is 7.81. The van der Waals surface area contributed by atoms with E-state index >= 15 is 0 Å².